The number of nitrogens with one attached hydrogen (secondary N) is 1. The van der Waals surface area contributed by atoms with Crippen molar-refractivity contribution in [2.24, 2.45) is 5.73 Å². The van der Waals surface area contributed by atoms with Gasteiger partial charge in [-0.2, -0.15) is 0 Å². The molecule has 1 aliphatic heterocycles. The van der Waals surface area contributed by atoms with E-state index in [0.29, 0.717) is 39.1 Å². The Labute approximate surface area is 114 Å². The molecule has 0 amide bonds. The normalized spacial score (nSPS) is 17.5. The molecule has 1 aromatic carbocycles. The van der Waals surface area contributed by atoms with Crippen LogP contribution in [-0.4, -0.2) is 26.9 Å². The number of nitrogens with two attached hydrogens (primary N) is 1. The highest BCUT2D eigenvalue weighted by atomic mass is 32.2. The summed E-state index contributed by atoms with van der Waals surface area (Å²) in [4.78, 5) is 0. The molecule has 0 aromatic heterocycles. The van der Waals surface area contributed by atoms with Gasteiger partial charge in [0.2, 0.25) is 10.0 Å². The molecule has 1 aliphatic rings. The summed E-state index contributed by atoms with van der Waals surface area (Å²) in [6.45, 7) is 1.87. The lowest BCUT2D eigenvalue weighted by molar-refractivity contribution is 0.0981. The van der Waals surface area contributed by atoms with E-state index in [-0.39, 0.29) is 5.25 Å². The van der Waals surface area contributed by atoms with Crippen LogP contribution in [0.3, 0.4) is 0 Å². The van der Waals surface area contributed by atoms with Crippen LogP contribution in [0.2, 0.25) is 0 Å². The number of hydrogen-bond acceptors (Lipinski definition) is 4. The van der Waals surface area contributed by atoms with Gasteiger partial charge in [-0.3, -0.25) is 0 Å². The van der Waals surface area contributed by atoms with E-state index in [9.17, 15) is 8.42 Å². The molecule has 1 heterocycles. The molecule has 1 saturated heterocycles. The van der Waals surface area contributed by atoms with Crippen LogP contribution in [-0.2, 0) is 27.8 Å². The third-order valence-corrected chi connectivity index (χ3v) is 5.24. The first-order valence-electron chi connectivity index (χ1n) is 6.46. The molecule has 0 atom stereocenters. The van der Waals surface area contributed by atoms with Gasteiger partial charge in [-0.1, -0.05) is 24.3 Å². The Balaban J connectivity index is 1.92. The van der Waals surface area contributed by atoms with Gasteiger partial charge in [0, 0.05) is 26.3 Å². The molecule has 1 aromatic rings. The van der Waals surface area contributed by atoms with Crippen molar-refractivity contribution in [1.29, 1.82) is 0 Å². The first-order valence-corrected chi connectivity index (χ1v) is 8.00. The second kappa shape index (κ2) is 6.47. The third kappa shape index (κ3) is 4.01. The molecule has 2 rings (SSSR count). The average Bonchev–Trinajstić information content (AvgIpc) is 2.47. The summed E-state index contributed by atoms with van der Waals surface area (Å²) in [6.07, 6.45) is 1.14. The first kappa shape index (κ1) is 14.5. The van der Waals surface area contributed by atoms with Crippen LogP contribution in [0, 0.1) is 0 Å². The highest BCUT2D eigenvalue weighted by Gasteiger charge is 2.27. The maximum absolute atomic E-state index is 12.1. The number of sulfonamides is 1. The van der Waals surface area contributed by atoms with Crippen LogP contribution in [0.5, 0.6) is 0 Å². The van der Waals surface area contributed by atoms with Crippen LogP contribution in [0.1, 0.15) is 24.0 Å². The summed E-state index contributed by atoms with van der Waals surface area (Å²) >= 11 is 0. The molecule has 19 heavy (non-hydrogen) atoms. The molecule has 0 spiro atoms. The van der Waals surface area contributed by atoms with Crippen molar-refractivity contribution in [2.45, 2.75) is 31.2 Å². The molecule has 106 valence electrons. The predicted octanol–water partition coefficient (Wildman–Crippen LogP) is 0.744. The maximum Gasteiger partial charge on any atom is 0.214 e. The van der Waals surface area contributed by atoms with Crippen LogP contribution in [0.15, 0.2) is 24.3 Å². The average molecular weight is 284 g/mol. The Bertz CT molecular complexity index is 493. The Kier molecular flexibility index (Phi) is 4.93. The zero-order valence-electron chi connectivity index (χ0n) is 10.8. The van der Waals surface area contributed by atoms with Crippen molar-refractivity contribution in [3.8, 4) is 0 Å². The molecule has 0 unspecified atom stereocenters. The van der Waals surface area contributed by atoms with Crippen LogP contribution in [0.25, 0.3) is 0 Å². The predicted molar refractivity (Wildman–Crippen MR) is 73.9 cm³/mol. The Hall–Kier alpha value is -0.950. The molecular formula is C13H20N2O3S. The van der Waals surface area contributed by atoms with Crippen molar-refractivity contribution in [3.63, 3.8) is 0 Å². The van der Waals surface area contributed by atoms with Crippen LogP contribution in [0.4, 0.5) is 0 Å². The summed E-state index contributed by atoms with van der Waals surface area (Å²) in [5.41, 5.74) is 7.49. The van der Waals surface area contributed by atoms with E-state index >= 15 is 0 Å². The van der Waals surface area contributed by atoms with E-state index in [1.54, 1.807) is 0 Å². The fourth-order valence-electron chi connectivity index (χ4n) is 2.08. The van der Waals surface area contributed by atoms with E-state index in [1.807, 2.05) is 24.3 Å². The summed E-state index contributed by atoms with van der Waals surface area (Å²) in [6, 6.07) is 7.62. The molecule has 6 heteroatoms. The van der Waals surface area contributed by atoms with E-state index in [1.165, 1.54) is 0 Å². The fraction of sp³-hybridized carbons (Fsp3) is 0.538. The van der Waals surface area contributed by atoms with E-state index in [4.69, 9.17) is 10.5 Å². The molecule has 5 nitrogen and oxygen atoms in total. The molecule has 0 saturated carbocycles. The van der Waals surface area contributed by atoms with Gasteiger partial charge in [0.05, 0.1) is 5.25 Å². The van der Waals surface area contributed by atoms with Gasteiger partial charge < -0.3 is 10.5 Å². The molecule has 1 fully saturated rings. The van der Waals surface area contributed by atoms with Crippen LogP contribution < -0.4 is 10.5 Å². The quantitative estimate of drug-likeness (QED) is 0.836. The van der Waals surface area contributed by atoms with Gasteiger partial charge in [-0.25, -0.2) is 13.1 Å². The number of rotatable bonds is 5. The molecule has 0 aliphatic carbocycles. The van der Waals surface area contributed by atoms with Gasteiger partial charge in [0.25, 0.3) is 0 Å². The zero-order valence-corrected chi connectivity index (χ0v) is 11.7. The minimum atomic E-state index is -3.25. The maximum atomic E-state index is 12.1. The van der Waals surface area contributed by atoms with Gasteiger partial charge in [-0.05, 0) is 24.0 Å². The summed E-state index contributed by atoms with van der Waals surface area (Å²) in [5.74, 6) is 0. The van der Waals surface area contributed by atoms with E-state index in [2.05, 4.69) is 4.72 Å². The topological polar surface area (TPSA) is 81.4 Å². The molecule has 3 N–H and O–H groups in total. The van der Waals surface area contributed by atoms with Gasteiger partial charge >= 0.3 is 0 Å². The Morgan fingerprint density at radius 2 is 1.74 bits per heavy atom. The minimum absolute atomic E-state index is 0.324. The van der Waals surface area contributed by atoms with Gasteiger partial charge in [0.15, 0.2) is 0 Å². The first-order chi connectivity index (χ1) is 9.12. The van der Waals surface area contributed by atoms with Gasteiger partial charge in [0.1, 0.15) is 0 Å². The van der Waals surface area contributed by atoms with E-state index < -0.39 is 10.0 Å². The number of ether oxygens (including phenoxy) is 1. The van der Waals surface area contributed by atoms with E-state index in [0.717, 1.165) is 11.1 Å². The number of hydrogen-bond donors (Lipinski definition) is 2. The highest BCUT2D eigenvalue weighted by Crippen LogP contribution is 2.15. The summed E-state index contributed by atoms with van der Waals surface area (Å²) in [7, 11) is -3.25. The standard InChI is InChI=1S/C13H20N2O3S/c14-9-11-1-3-12(4-2-11)10-15-19(16,17)13-5-7-18-8-6-13/h1-4,13,15H,5-10,14H2. The lowest BCUT2D eigenvalue weighted by Crippen LogP contribution is -2.37. The van der Waals surface area contributed by atoms with Crippen molar-refractivity contribution in [2.75, 3.05) is 13.2 Å². The van der Waals surface area contributed by atoms with Gasteiger partial charge in [-0.15, -0.1) is 0 Å². The molecule has 0 bridgehead atoms. The lowest BCUT2D eigenvalue weighted by atomic mass is 10.1. The van der Waals surface area contributed by atoms with Crippen molar-refractivity contribution < 1.29 is 13.2 Å². The second-order valence-corrected chi connectivity index (χ2v) is 6.74. The SMILES string of the molecule is NCc1ccc(CNS(=O)(=O)C2CCOCC2)cc1. The highest BCUT2D eigenvalue weighted by molar-refractivity contribution is 7.90. The Morgan fingerprint density at radius 1 is 1.16 bits per heavy atom. The van der Waals surface area contributed by atoms with Crippen molar-refractivity contribution >= 4 is 10.0 Å². The van der Waals surface area contributed by atoms with Crippen LogP contribution >= 0.6 is 0 Å². The van der Waals surface area contributed by atoms with Crippen molar-refractivity contribution in [1.82, 2.24) is 4.72 Å². The summed E-state index contributed by atoms with van der Waals surface area (Å²) < 4.78 is 32.0. The van der Waals surface area contributed by atoms with Crippen molar-refractivity contribution in [3.05, 3.63) is 35.4 Å². The monoisotopic (exact) mass is 284 g/mol. The number of benzene rings is 1. The largest absolute Gasteiger partial charge is 0.381 e. The zero-order chi connectivity index (χ0) is 13.7. The summed E-state index contributed by atoms with van der Waals surface area (Å²) in [5, 5.41) is -0.329. The lowest BCUT2D eigenvalue weighted by Gasteiger charge is -2.22. The third-order valence-electron chi connectivity index (χ3n) is 3.34. The smallest absolute Gasteiger partial charge is 0.214 e. The fourth-order valence-corrected chi connectivity index (χ4v) is 3.50. The second-order valence-electron chi connectivity index (χ2n) is 4.70. The molecular weight excluding hydrogens is 264 g/mol. The minimum Gasteiger partial charge on any atom is -0.381 e. The molecule has 0 radical (unpaired) electrons. The Morgan fingerprint density at radius 3 is 2.32 bits per heavy atom.